The highest BCUT2D eigenvalue weighted by molar-refractivity contribution is 7.13. The van der Waals surface area contributed by atoms with Gasteiger partial charge in [-0.15, -0.1) is 11.3 Å². The highest BCUT2D eigenvalue weighted by atomic mass is 32.1. The number of rotatable bonds is 5. The Morgan fingerprint density at radius 2 is 2.21 bits per heavy atom. The minimum Gasteiger partial charge on any atom is -0.339 e. The molecule has 1 saturated heterocycles. The summed E-state index contributed by atoms with van der Waals surface area (Å²) in [6.45, 7) is 2.42. The maximum absolute atomic E-state index is 12.3. The van der Waals surface area contributed by atoms with Crippen LogP contribution in [0.5, 0.6) is 0 Å². The average molecular weight is 343 g/mol. The minimum atomic E-state index is 0.145. The number of allylic oxidation sites excluding steroid dienone is 2. The molecule has 6 heteroatoms. The summed E-state index contributed by atoms with van der Waals surface area (Å²) < 4.78 is 5.48. The second-order valence-corrected chi connectivity index (χ2v) is 7.51. The summed E-state index contributed by atoms with van der Waals surface area (Å²) in [5.74, 6) is 2.24. The van der Waals surface area contributed by atoms with Gasteiger partial charge in [-0.25, -0.2) is 0 Å². The largest absolute Gasteiger partial charge is 0.339 e. The summed E-state index contributed by atoms with van der Waals surface area (Å²) in [6.07, 6.45) is 8.17. The first-order chi connectivity index (χ1) is 11.8. The molecule has 5 nitrogen and oxygen atoms in total. The monoisotopic (exact) mass is 343 g/mol. The van der Waals surface area contributed by atoms with Crippen molar-refractivity contribution >= 4 is 17.1 Å². The molecule has 1 aliphatic heterocycles. The molecular weight excluding hydrogens is 322 g/mol. The Morgan fingerprint density at radius 3 is 2.92 bits per heavy atom. The Bertz CT molecular complexity index is 714. The lowest BCUT2D eigenvalue weighted by molar-refractivity contribution is -0.122. The van der Waals surface area contributed by atoms with Crippen LogP contribution < -0.4 is 0 Å². The van der Waals surface area contributed by atoms with E-state index in [1.54, 1.807) is 11.3 Å². The van der Waals surface area contributed by atoms with E-state index in [-0.39, 0.29) is 5.92 Å². The number of hydrogen-bond acceptors (Lipinski definition) is 6. The molecule has 0 radical (unpaired) electrons. The van der Waals surface area contributed by atoms with Crippen molar-refractivity contribution in [2.45, 2.75) is 31.6 Å². The first-order valence-electron chi connectivity index (χ1n) is 8.59. The number of thiophene rings is 1. The Balaban J connectivity index is 1.31. The summed E-state index contributed by atoms with van der Waals surface area (Å²) in [4.78, 5) is 20.1. The van der Waals surface area contributed by atoms with Crippen molar-refractivity contribution < 1.29 is 9.32 Å². The maximum Gasteiger partial charge on any atom is 0.230 e. The molecule has 2 aliphatic rings. The topological polar surface area (TPSA) is 59.2 Å². The zero-order chi connectivity index (χ0) is 16.4. The predicted molar refractivity (Wildman–Crippen MR) is 92.9 cm³/mol. The van der Waals surface area contributed by atoms with Crippen molar-refractivity contribution in [3.63, 3.8) is 0 Å². The van der Waals surface area contributed by atoms with Gasteiger partial charge in [0.15, 0.2) is 5.78 Å². The van der Waals surface area contributed by atoms with Crippen LogP contribution in [0.15, 0.2) is 34.2 Å². The minimum absolute atomic E-state index is 0.145. The third-order valence-electron chi connectivity index (χ3n) is 4.93. The standard InChI is InChI=1S/C18H21N3O2S/c22-15(13-4-1-2-5-13)12-21-9-7-14(8-10-21)18-19-17(20-23-18)16-6-3-11-24-16/h1,3-4,6,11,13-14H,2,5,7-10,12H2. The van der Waals surface area contributed by atoms with Gasteiger partial charge in [0.25, 0.3) is 0 Å². The molecule has 24 heavy (non-hydrogen) atoms. The molecule has 1 fully saturated rings. The van der Waals surface area contributed by atoms with Gasteiger partial charge in [-0.2, -0.15) is 4.98 Å². The van der Waals surface area contributed by atoms with Crippen LogP contribution >= 0.6 is 11.3 Å². The number of aromatic nitrogens is 2. The van der Waals surface area contributed by atoms with Gasteiger partial charge in [-0.3, -0.25) is 9.69 Å². The van der Waals surface area contributed by atoms with Crippen LogP contribution in [0, 0.1) is 5.92 Å². The van der Waals surface area contributed by atoms with Gasteiger partial charge in [0, 0.05) is 11.8 Å². The quantitative estimate of drug-likeness (QED) is 0.778. The normalized spacial score (nSPS) is 22.2. The van der Waals surface area contributed by atoms with Crippen molar-refractivity contribution in [3.05, 3.63) is 35.6 Å². The van der Waals surface area contributed by atoms with E-state index in [1.807, 2.05) is 17.5 Å². The molecule has 1 unspecified atom stereocenters. The van der Waals surface area contributed by atoms with E-state index in [2.05, 4.69) is 27.2 Å². The van der Waals surface area contributed by atoms with Crippen LogP contribution in [0.2, 0.25) is 0 Å². The van der Waals surface area contributed by atoms with E-state index in [4.69, 9.17) is 4.52 Å². The van der Waals surface area contributed by atoms with E-state index in [0.29, 0.717) is 24.1 Å². The second-order valence-electron chi connectivity index (χ2n) is 6.56. The number of nitrogens with zero attached hydrogens (tertiary/aromatic N) is 3. The molecule has 0 aromatic carbocycles. The summed E-state index contributed by atoms with van der Waals surface area (Å²) in [5.41, 5.74) is 0. The molecule has 0 N–H and O–H groups in total. The summed E-state index contributed by atoms with van der Waals surface area (Å²) in [5, 5.41) is 6.12. The van der Waals surface area contributed by atoms with E-state index in [1.165, 1.54) is 0 Å². The molecular formula is C18H21N3O2S. The number of ketones is 1. The van der Waals surface area contributed by atoms with Gasteiger partial charge < -0.3 is 4.52 Å². The fraction of sp³-hybridized carbons (Fsp3) is 0.500. The van der Waals surface area contributed by atoms with Gasteiger partial charge in [-0.1, -0.05) is 23.4 Å². The Hall–Kier alpha value is -1.79. The van der Waals surface area contributed by atoms with Gasteiger partial charge in [0.1, 0.15) is 0 Å². The molecule has 3 heterocycles. The molecule has 1 aliphatic carbocycles. The van der Waals surface area contributed by atoms with Crippen molar-refractivity contribution in [1.82, 2.24) is 15.0 Å². The summed E-state index contributed by atoms with van der Waals surface area (Å²) in [6, 6.07) is 4.00. The average Bonchev–Trinajstić information content (AvgIpc) is 3.35. The third kappa shape index (κ3) is 3.35. The molecule has 4 rings (SSSR count). The maximum atomic E-state index is 12.3. The van der Waals surface area contributed by atoms with E-state index < -0.39 is 0 Å². The SMILES string of the molecule is O=C(CN1CCC(c2nc(-c3cccs3)no2)CC1)C1C=CCC1. The van der Waals surface area contributed by atoms with Crippen molar-refractivity contribution in [1.29, 1.82) is 0 Å². The zero-order valence-corrected chi connectivity index (χ0v) is 14.4. The highest BCUT2D eigenvalue weighted by Crippen LogP contribution is 2.30. The van der Waals surface area contributed by atoms with Crippen LogP contribution in [0.4, 0.5) is 0 Å². The number of Topliss-reactive ketones (excluding diaryl/α,β-unsaturated/α-hetero) is 1. The van der Waals surface area contributed by atoms with Gasteiger partial charge >= 0.3 is 0 Å². The van der Waals surface area contributed by atoms with Crippen molar-refractivity contribution in [3.8, 4) is 10.7 Å². The van der Waals surface area contributed by atoms with Crippen molar-refractivity contribution in [2.75, 3.05) is 19.6 Å². The smallest absolute Gasteiger partial charge is 0.230 e. The van der Waals surface area contributed by atoms with E-state index in [0.717, 1.165) is 49.5 Å². The first kappa shape index (κ1) is 15.7. The van der Waals surface area contributed by atoms with Gasteiger partial charge in [-0.05, 0) is 50.2 Å². The van der Waals surface area contributed by atoms with Gasteiger partial charge in [0.05, 0.1) is 11.4 Å². The molecule has 2 aromatic rings. The van der Waals surface area contributed by atoms with Crippen LogP contribution in [0.25, 0.3) is 10.7 Å². The lowest BCUT2D eigenvalue weighted by Crippen LogP contribution is -2.38. The lowest BCUT2D eigenvalue weighted by Gasteiger charge is -2.30. The van der Waals surface area contributed by atoms with Crippen LogP contribution in [-0.4, -0.2) is 40.5 Å². The first-order valence-corrected chi connectivity index (χ1v) is 9.47. The van der Waals surface area contributed by atoms with Crippen LogP contribution in [0.3, 0.4) is 0 Å². The van der Waals surface area contributed by atoms with E-state index in [9.17, 15) is 4.79 Å². The Kier molecular flexibility index (Phi) is 4.58. The van der Waals surface area contributed by atoms with Crippen LogP contribution in [0.1, 0.15) is 37.5 Å². The number of carbonyl (C=O) groups excluding carboxylic acids is 1. The zero-order valence-electron chi connectivity index (χ0n) is 13.6. The molecule has 2 aromatic heterocycles. The number of hydrogen-bond donors (Lipinski definition) is 0. The number of piperidine rings is 1. The van der Waals surface area contributed by atoms with Crippen LogP contribution in [-0.2, 0) is 4.79 Å². The third-order valence-corrected chi connectivity index (χ3v) is 5.79. The van der Waals surface area contributed by atoms with E-state index >= 15 is 0 Å². The fourth-order valence-corrected chi connectivity index (χ4v) is 4.13. The molecule has 0 saturated carbocycles. The molecule has 0 bridgehead atoms. The Labute approximate surface area is 145 Å². The summed E-state index contributed by atoms with van der Waals surface area (Å²) in [7, 11) is 0. The second kappa shape index (κ2) is 6.99. The fourth-order valence-electron chi connectivity index (χ4n) is 3.48. The molecule has 1 atom stereocenters. The summed E-state index contributed by atoms with van der Waals surface area (Å²) >= 11 is 1.62. The van der Waals surface area contributed by atoms with Crippen molar-refractivity contribution in [2.24, 2.45) is 5.92 Å². The number of likely N-dealkylation sites (tertiary alicyclic amines) is 1. The molecule has 126 valence electrons. The molecule has 0 spiro atoms. The highest BCUT2D eigenvalue weighted by Gasteiger charge is 2.28. The lowest BCUT2D eigenvalue weighted by atomic mass is 9.95. The predicted octanol–water partition coefficient (Wildman–Crippen LogP) is 3.51. The molecule has 0 amide bonds. The Morgan fingerprint density at radius 1 is 1.33 bits per heavy atom. The van der Waals surface area contributed by atoms with Gasteiger partial charge in [0.2, 0.25) is 11.7 Å². The number of carbonyl (C=O) groups is 1.